The highest BCUT2D eigenvalue weighted by molar-refractivity contribution is 14.0. The zero-order valence-electron chi connectivity index (χ0n) is 16.4. The summed E-state index contributed by atoms with van der Waals surface area (Å²) in [5, 5.41) is 3.46. The number of benzene rings is 1. The number of rotatable bonds is 6. The van der Waals surface area contributed by atoms with Crippen LogP contribution in [0.1, 0.15) is 46.1 Å². The van der Waals surface area contributed by atoms with Gasteiger partial charge in [-0.15, -0.1) is 24.0 Å². The maximum Gasteiger partial charge on any atom is 0.193 e. The van der Waals surface area contributed by atoms with Crippen LogP contribution in [0.2, 0.25) is 0 Å². The molecule has 1 N–H and O–H groups in total. The second kappa shape index (κ2) is 11.5. The van der Waals surface area contributed by atoms with Crippen LogP contribution in [0.15, 0.2) is 33.7 Å². The van der Waals surface area contributed by atoms with Crippen molar-refractivity contribution < 1.29 is 4.74 Å². The summed E-state index contributed by atoms with van der Waals surface area (Å²) in [6, 6.07) is 8.56. The van der Waals surface area contributed by atoms with Crippen molar-refractivity contribution in [2.45, 2.75) is 52.1 Å². The number of nitrogens with one attached hydrogen (secondary N) is 1. The largest absolute Gasteiger partial charge is 0.378 e. The molecular weight excluding hydrogens is 505 g/mol. The minimum absolute atomic E-state index is 0. The van der Waals surface area contributed by atoms with Crippen molar-refractivity contribution in [1.82, 2.24) is 10.2 Å². The van der Waals surface area contributed by atoms with Gasteiger partial charge in [0.15, 0.2) is 5.96 Å². The number of guanidine groups is 1. The van der Waals surface area contributed by atoms with E-state index in [0.29, 0.717) is 6.10 Å². The molecule has 4 nitrogen and oxygen atoms in total. The van der Waals surface area contributed by atoms with Crippen molar-refractivity contribution >= 4 is 45.9 Å². The first-order chi connectivity index (χ1) is 12.0. The molecule has 1 saturated heterocycles. The van der Waals surface area contributed by atoms with Crippen LogP contribution in [0.25, 0.3) is 0 Å². The average Bonchev–Trinajstić information content (AvgIpc) is 2.60. The molecule has 1 fully saturated rings. The first-order valence-corrected chi connectivity index (χ1v) is 10.2. The summed E-state index contributed by atoms with van der Waals surface area (Å²) >= 11 is 3.51. The van der Waals surface area contributed by atoms with Gasteiger partial charge in [0.05, 0.1) is 12.6 Å². The van der Waals surface area contributed by atoms with Gasteiger partial charge in [-0.25, -0.2) is 0 Å². The highest BCUT2D eigenvalue weighted by Crippen LogP contribution is 2.25. The van der Waals surface area contributed by atoms with E-state index < -0.39 is 0 Å². The highest BCUT2D eigenvalue weighted by atomic mass is 127. The van der Waals surface area contributed by atoms with Gasteiger partial charge in [-0.1, -0.05) is 41.9 Å². The Kier molecular flexibility index (Phi) is 10.5. The van der Waals surface area contributed by atoms with Gasteiger partial charge >= 0.3 is 0 Å². The predicted molar refractivity (Wildman–Crippen MR) is 125 cm³/mol. The molecule has 0 amide bonds. The normalized spacial score (nSPS) is 16.3. The lowest BCUT2D eigenvalue weighted by atomic mass is 9.85. The lowest BCUT2D eigenvalue weighted by molar-refractivity contribution is 0.0263. The van der Waals surface area contributed by atoms with Crippen LogP contribution in [-0.2, 0) is 10.2 Å². The Hall–Kier alpha value is -0.340. The molecule has 148 valence electrons. The molecule has 1 aromatic carbocycles. The lowest BCUT2D eigenvalue weighted by Gasteiger charge is -2.34. The second-order valence-corrected chi connectivity index (χ2v) is 8.12. The fourth-order valence-electron chi connectivity index (χ4n) is 3.16. The smallest absolute Gasteiger partial charge is 0.193 e. The number of nitrogens with zero attached hydrogens (tertiary/aromatic N) is 2. The lowest BCUT2D eigenvalue weighted by Crippen LogP contribution is -2.47. The quantitative estimate of drug-likeness (QED) is 0.321. The molecule has 1 heterocycles. The Bertz CT molecular complexity index is 555. The van der Waals surface area contributed by atoms with Gasteiger partial charge in [0.1, 0.15) is 0 Å². The van der Waals surface area contributed by atoms with Gasteiger partial charge in [-0.3, -0.25) is 4.99 Å². The van der Waals surface area contributed by atoms with E-state index in [1.165, 1.54) is 5.56 Å². The van der Waals surface area contributed by atoms with E-state index in [4.69, 9.17) is 9.73 Å². The molecule has 1 aromatic rings. The Balaban J connectivity index is 0.00000338. The van der Waals surface area contributed by atoms with Crippen molar-refractivity contribution in [2.24, 2.45) is 4.99 Å². The molecule has 0 unspecified atom stereocenters. The van der Waals surface area contributed by atoms with E-state index in [-0.39, 0.29) is 29.4 Å². The molecule has 6 heteroatoms. The number of piperidine rings is 1. The van der Waals surface area contributed by atoms with Gasteiger partial charge in [0, 0.05) is 36.1 Å². The highest BCUT2D eigenvalue weighted by Gasteiger charge is 2.24. The van der Waals surface area contributed by atoms with Crippen LogP contribution in [0, 0.1) is 0 Å². The molecule has 0 aromatic heterocycles. The van der Waals surface area contributed by atoms with Gasteiger partial charge in [-0.05, 0) is 44.4 Å². The van der Waals surface area contributed by atoms with Crippen molar-refractivity contribution in [3.8, 4) is 0 Å². The maximum absolute atomic E-state index is 5.76. The van der Waals surface area contributed by atoms with Crippen molar-refractivity contribution in [1.29, 1.82) is 0 Å². The molecular formula is C20H33BrIN3O. The number of hydrogen-bond donors (Lipinski definition) is 1. The fourth-order valence-corrected chi connectivity index (χ4v) is 3.43. The molecule has 1 aliphatic heterocycles. The number of halogens is 2. The summed E-state index contributed by atoms with van der Waals surface area (Å²) in [4.78, 5) is 7.33. The molecule has 0 saturated carbocycles. The van der Waals surface area contributed by atoms with Crippen molar-refractivity contribution in [3.05, 3.63) is 34.3 Å². The zero-order chi connectivity index (χ0) is 18.3. The van der Waals surface area contributed by atoms with E-state index in [2.05, 4.69) is 78.1 Å². The van der Waals surface area contributed by atoms with E-state index in [9.17, 15) is 0 Å². The third kappa shape index (κ3) is 7.00. The summed E-state index contributed by atoms with van der Waals surface area (Å²) in [5.41, 5.74) is 1.32. The van der Waals surface area contributed by atoms with Gasteiger partial charge in [-0.2, -0.15) is 0 Å². The van der Waals surface area contributed by atoms with Gasteiger partial charge in [0.2, 0.25) is 0 Å². The predicted octanol–water partition coefficient (Wildman–Crippen LogP) is 4.81. The molecule has 26 heavy (non-hydrogen) atoms. The number of aliphatic imine (C=N–C) groups is 1. The van der Waals surface area contributed by atoms with E-state index in [1.54, 1.807) is 0 Å². The average molecular weight is 538 g/mol. The molecule has 0 radical (unpaired) electrons. The van der Waals surface area contributed by atoms with Crippen molar-refractivity contribution in [3.63, 3.8) is 0 Å². The number of ether oxygens (including phenoxy) is 1. The Morgan fingerprint density at radius 3 is 2.38 bits per heavy atom. The van der Waals surface area contributed by atoms with Crippen LogP contribution >= 0.6 is 39.9 Å². The SMILES string of the molecule is CCNC(=NCC(C)(C)c1ccc(Br)cc1)N1CCC(OCC)CC1.I. The summed E-state index contributed by atoms with van der Waals surface area (Å²) in [5.74, 6) is 1.03. The Morgan fingerprint density at radius 1 is 1.23 bits per heavy atom. The van der Waals surface area contributed by atoms with E-state index in [1.807, 2.05) is 0 Å². The zero-order valence-corrected chi connectivity index (χ0v) is 20.3. The third-order valence-electron chi connectivity index (χ3n) is 4.73. The summed E-state index contributed by atoms with van der Waals surface area (Å²) in [6.45, 7) is 13.2. The molecule has 0 spiro atoms. The fraction of sp³-hybridized carbons (Fsp3) is 0.650. The monoisotopic (exact) mass is 537 g/mol. The first-order valence-electron chi connectivity index (χ1n) is 9.37. The number of hydrogen-bond acceptors (Lipinski definition) is 2. The topological polar surface area (TPSA) is 36.9 Å². The summed E-state index contributed by atoms with van der Waals surface area (Å²) in [7, 11) is 0. The molecule has 0 atom stereocenters. The molecule has 2 rings (SSSR count). The molecule has 0 aliphatic carbocycles. The Morgan fingerprint density at radius 2 is 1.85 bits per heavy atom. The molecule has 0 bridgehead atoms. The van der Waals surface area contributed by atoms with Crippen molar-refractivity contribution in [2.75, 3.05) is 32.8 Å². The van der Waals surface area contributed by atoms with Crippen LogP contribution in [-0.4, -0.2) is 49.7 Å². The second-order valence-electron chi connectivity index (χ2n) is 7.20. The van der Waals surface area contributed by atoms with E-state index in [0.717, 1.165) is 56.1 Å². The van der Waals surface area contributed by atoms with Gasteiger partial charge < -0.3 is 15.0 Å². The summed E-state index contributed by atoms with van der Waals surface area (Å²) in [6.07, 6.45) is 2.56. The minimum Gasteiger partial charge on any atom is -0.378 e. The van der Waals surface area contributed by atoms with Gasteiger partial charge in [0.25, 0.3) is 0 Å². The van der Waals surface area contributed by atoms with Crippen LogP contribution in [0.4, 0.5) is 0 Å². The number of likely N-dealkylation sites (tertiary alicyclic amines) is 1. The van der Waals surface area contributed by atoms with Crippen LogP contribution in [0.3, 0.4) is 0 Å². The standard InChI is InChI=1S/C20H32BrN3O.HI/c1-5-22-19(24-13-11-18(12-14-24)25-6-2)23-15-20(3,4)16-7-9-17(21)10-8-16;/h7-10,18H,5-6,11-15H2,1-4H3,(H,22,23);1H. The summed E-state index contributed by atoms with van der Waals surface area (Å²) < 4.78 is 6.87. The first kappa shape index (κ1) is 23.7. The maximum atomic E-state index is 5.76. The Labute approximate surface area is 184 Å². The molecule has 1 aliphatic rings. The minimum atomic E-state index is 0. The third-order valence-corrected chi connectivity index (χ3v) is 5.26. The van der Waals surface area contributed by atoms with Crippen LogP contribution < -0.4 is 5.32 Å². The van der Waals surface area contributed by atoms with Crippen LogP contribution in [0.5, 0.6) is 0 Å². The van der Waals surface area contributed by atoms with E-state index >= 15 is 0 Å².